The van der Waals surface area contributed by atoms with Gasteiger partial charge in [-0.3, -0.25) is 9.59 Å². The highest BCUT2D eigenvalue weighted by atomic mass is 16.1. The molecule has 0 aliphatic carbocycles. The number of hydrogen-bond acceptors (Lipinski definition) is 2. The molecule has 2 heterocycles. The van der Waals surface area contributed by atoms with Crippen molar-refractivity contribution in [2.24, 2.45) is 0 Å². The smallest absolute Gasteiger partial charge is 0.209 e. The molecular formula is C25H22N2O2. The predicted octanol–water partition coefficient (Wildman–Crippen LogP) is 5.01. The Balaban J connectivity index is 1.47. The average Bonchev–Trinajstić information content (AvgIpc) is 3.38. The summed E-state index contributed by atoms with van der Waals surface area (Å²) in [4.78, 5) is 31.6. The molecule has 2 N–H and O–H groups in total. The van der Waals surface area contributed by atoms with Crippen LogP contribution in [0, 0.1) is 13.8 Å². The molecule has 0 unspecified atom stereocenters. The van der Waals surface area contributed by atoms with Gasteiger partial charge in [0, 0.05) is 28.9 Å². The molecule has 2 aromatic carbocycles. The van der Waals surface area contributed by atoms with Crippen LogP contribution in [0.4, 0.5) is 0 Å². The third-order valence-electron chi connectivity index (χ3n) is 4.99. The summed E-state index contributed by atoms with van der Waals surface area (Å²) in [5, 5.41) is 0. The summed E-state index contributed by atoms with van der Waals surface area (Å²) in [5.41, 5.74) is 6.52. The Bertz CT molecular complexity index is 1070. The number of aromatic nitrogens is 2. The van der Waals surface area contributed by atoms with Gasteiger partial charge in [-0.1, -0.05) is 59.7 Å². The van der Waals surface area contributed by atoms with Crippen molar-refractivity contribution < 1.29 is 9.59 Å². The number of hydrogen-bond donors (Lipinski definition) is 2. The molecule has 0 atom stereocenters. The van der Waals surface area contributed by atoms with Crippen LogP contribution in [0.25, 0.3) is 0 Å². The number of rotatable bonds is 6. The topological polar surface area (TPSA) is 65.7 Å². The maximum Gasteiger partial charge on any atom is 0.209 e. The van der Waals surface area contributed by atoms with Crippen molar-refractivity contribution in [1.29, 1.82) is 0 Å². The second-order valence-corrected chi connectivity index (χ2v) is 7.36. The average molecular weight is 382 g/mol. The van der Waals surface area contributed by atoms with Crippen LogP contribution in [-0.4, -0.2) is 21.5 Å². The lowest BCUT2D eigenvalue weighted by Gasteiger charge is -2.01. The van der Waals surface area contributed by atoms with Gasteiger partial charge in [-0.25, -0.2) is 0 Å². The highest BCUT2D eigenvalue weighted by molar-refractivity contribution is 6.08. The Morgan fingerprint density at radius 2 is 0.966 bits per heavy atom. The fourth-order valence-electron chi connectivity index (χ4n) is 3.28. The molecule has 0 aliphatic heterocycles. The predicted molar refractivity (Wildman–Crippen MR) is 114 cm³/mol. The second-order valence-electron chi connectivity index (χ2n) is 7.36. The molecule has 0 radical (unpaired) electrons. The SMILES string of the molecule is Cc1ccc(C(=O)c2ccc(Cc3ccc(C(=O)c4ccc(C)cc4)[nH]3)[nH]2)cc1. The third-order valence-corrected chi connectivity index (χ3v) is 4.99. The van der Waals surface area contributed by atoms with Crippen molar-refractivity contribution in [2.75, 3.05) is 0 Å². The van der Waals surface area contributed by atoms with E-state index in [1.807, 2.05) is 74.5 Å². The van der Waals surface area contributed by atoms with Crippen LogP contribution in [0.3, 0.4) is 0 Å². The van der Waals surface area contributed by atoms with Crippen LogP contribution in [0.1, 0.15) is 54.6 Å². The first-order valence-corrected chi connectivity index (χ1v) is 9.58. The number of aromatic amines is 2. The normalized spacial score (nSPS) is 10.8. The van der Waals surface area contributed by atoms with Crippen LogP contribution in [0.2, 0.25) is 0 Å². The van der Waals surface area contributed by atoms with Gasteiger partial charge in [0.2, 0.25) is 11.6 Å². The van der Waals surface area contributed by atoms with Gasteiger partial charge in [-0.15, -0.1) is 0 Å². The number of benzene rings is 2. The molecule has 0 spiro atoms. The van der Waals surface area contributed by atoms with Gasteiger partial charge >= 0.3 is 0 Å². The van der Waals surface area contributed by atoms with E-state index in [4.69, 9.17) is 0 Å². The van der Waals surface area contributed by atoms with Gasteiger partial charge in [-0.05, 0) is 38.1 Å². The zero-order chi connectivity index (χ0) is 20.4. The maximum atomic E-state index is 12.6. The monoisotopic (exact) mass is 382 g/mol. The summed E-state index contributed by atoms with van der Waals surface area (Å²) < 4.78 is 0. The van der Waals surface area contributed by atoms with E-state index in [1.165, 1.54) is 0 Å². The standard InChI is InChI=1S/C25H22N2O2/c1-16-3-7-18(8-4-16)24(28)22-13-11-20(26-22)15-21-12-14-23(27-21)25(29)19-9-5-17(2)6-10-19/h3-14,26-27H,15H2,1-2H3. The molecular weight excluding hydrogens is 360 g/mol. The molecule has 29 heavy (non-hydrogen) atoms. The molecule has 4 rings (SSSR count). The molecule has 0 aliphatic rings. The van der Waals surface area contributed by atoms with E-state index in [1.54, 1.807) is 12.1 Å². The molecule has 4 heteroatoms. The summed E-state index contributed by atoms with van der Waals surface area (Å²) in [6, 6.07) is 22.5. The van der Waals surface area contributed by atoms with Gasteiger partial charge in [-0.2, -0.15) is 0 Å². The quantitative estimate of drug-likeness (QED) is 0.460. The first-order valence-electron chi connectivity index (χ1n) is 9.58. The van der Waals surface area contributed by atoms with Crippen LogP contribution in [0.5, 0.6) is 0 Å². The minimum atomic E-state index is -0.0297. The van der Waals surface area contributed by atoms with Gasteiger partial charge in [0.05, 0.1) is 11.4 Å². The van der Waals surface area contributed by atoms with Crippen LogP contribution < -0.4 is 0 Å². The van der Waals surface area contributed by atoms with E-state index in [0.29, 0.717) is 28.9 Å². The highest BCUT2D eigenvalue weighted by Crippen LogP contribution is 2.16. The number of H-pyrrole nitrogens is 2. The molecule has 0 bridgehead atoms. The number of carbonyl (C=O) groups excluding carboxylic acids is 2. The highest BCUT2D eigenvalue weighted by Gasteiger charge is 2.14. The van der Waals surface area contributed by atoms with Crippen molar-refractivity contribution in [3.63, 3.8) is 0 Å². The van der Waals surface area contributed by atoms with E-state index in [0.717, 1.165) is 22.5 Å². The van der Waals surface area contributed by atoms with E-state index in [9.17, 15) is 9.59 Å². The molecule has 0 fully saturated rings. The summed E-state index contributed by atoms with van der Waals surface area (Å²) in [7, 11) is 0. The van der Waals surface area contributed by atoms with Crippen molar-refractivity contribution in [1.82, 2.24) is 9.97 Å². The summed E-state index contributed by atoms with van der Waals surface area (Å²) in [5.74, 6) is -0.0593. The van der Waals surface area contributed by atoms with E-state index in [-0.39, 0.29) is 11.6 Å². The number of nitrogens with one attached hydrogen (secondary N) is 2. The first-order chi connectivity index (χ1) is 14.0. The van der Waals surface area contributed by atoms with Crippen LogP contribution in [0.15, 0.2) is 72.8 Å². The first kappa shape index (κ1) is 18.7. The van der Waals surface area contributed by atoms with Crippen molar-refractivity contribution in [3.05, 3.63) is 118 Å². The fourth-order valence-corrected chi connectivity index (χ4v) is 3.28. The minimum Gasteiger partial charge on any atom is -0.355 e. The van der Waals surface area contributed by atoms with Gasteiger partial charge < -0.3 is 9.97 Å². The zero-order valence-corrected chi connectivity index (χ0v) is 16.5. The summed E-state index contributed by atoms with van der Waals surface area (Å²) >= 11 is 0. The third kappa shape index (κ3) is 4.11. The largest absolute Gasteiger partial charge is 0.355 e. The summed E-state index contributed by atoms with van der Waals surface area (Å²) in [6.45, 7) is 3.99. The van der Waals surface area contributed by atoms with Crippen molar-refractivity contribution >= 4 is 11.6 Å². The van der Waals surface area contributed by atoms with Crippen molar-refractivity contribution in [3.8, 4) is 0 Å². The van der Waals surface area contributed by atoms with E-state index < -0.39 is 0 Å². The van der Waals surface area contributed by atoms with Crippen LogP contribution >= 0.6 is 0 Å². The lowest BCUT2D eigenvalue weighted by molar-refractivity contribution is 0.102. The molecule has 0 saturated heterocycles. The Kier molecular flexibility index (Phi) is 5.00. The Morgan fingerprint density at radius 1 is 0.586 bits per heavy atom. The van der Waals surface area contributed by atoms with Gasteiger partial charge in [0.25, 0.3) is 0 Å². The molecule has 0 saturated carbocycles. The molecule has 4 nitrogen and oxygen atoms in total. The Morgan fingerprint density at radius 3 is 1.34 bits per heavy atom. The Labute approximate surface area is 169 Å². The van der Waals surface area contributed by atoms with Gasteiger partial charge in [0.15, 0.2) is 0 Å². The molecule has 2 aromatic heterocycles. The second kappa shape index (κ2) is 7.76. The number of ketones is 2. The van der Waals surface area contributed by atoms with Gasteiger partial charge in [0.1, 0.15) is 0 Å². The minimum absolute atomic E-state index is 0.0297. The number of aryl methyl sites for hydroxylation is 2. The van der Waals surface area contributed by atoms with E-state index in [2.05, 4.69) is 9.97 Å². The zero-order valence-electron chi connectivity index (χ0n) is 16.5. The summed E-state index contributed by atoms with van der Waals surface area (Å²) in [6.07, 6.45) is 0.586. The lowest BCUT2D eigenvalue weighted by Crippen LogP contribution is -2.03. The van der Waals surface area contributed by atoms with Crippen molar-refractivity contribution in [2.45, 2.75) is 20.3 Å². The lowest BCUT2D eigenvalue weighted by atomic mass is 10.1. The Hall–Kier alpha value is -3.66. The fraction of sp³-hybridized carbons (Fsp3) is 0.120. The molecule has 4 aromatic rings. The maximum absolute atomic E-state index is 12.6. The van der Waals surface area contributed by atoms with Crippen LogP contribution in [-0.2, 0) is 6.42 Å². The molecule has 0 amide bonds. The molecule has 144 valence electrons. The van der Waals surface area contributed by atoms with E-state index >= 15 is 0 Å². The number of carbonyl (C=O) groups is 2.